The molecule has 0 fully saturated rings. The van der Waals surface area contributed by atoms with Gasteiger partial charge in [-0.2, -0.15) is 0 Å². The van der Waals surface area contributed by atoms with Crippen LogP contribution in [0.2, 0.25) is 0 Å². The Morgan fingerprint density at radius 2 is 1.88 bits per heavy atom. The van der Waals surface area contributed by atoms with E-state index in [9.17, 15) is 5.11 Å². The van der Waals surface area contributed by atoms with Crippen LogP contribution in [0.3, 0.4) is 0 Å². The molecule has 0 aliphatic heterocycles. The number of hydrogen-bond acceptors (Lipinski definition) is 3. The lowest BCUT2D eigenvalue weighted by Crippen LogP contribution is -2.15. The molecule has 3 nitrogen and oxygen atoms in total. The summed E-state index contributed by atoms with van der Waals surface area (Å²) in [5.41, 5.74) is 13.9. The lowest BCUT2D eigenvalue weighted by atomic mass is 9.93. The van der Waals surface area contributed by atoms with Gasteiger partial charge in [0.1, 0.15) is 5.75 Å². The van der Waals surface area contributed by atoms with Crippen LogP contribution < -0.4 is 11.5 Å². The molecule has 0 saturated heterocycles. The van der Waals surface area contributed by atoms with Crippen molar-refractivity contribution in [2.75, 3.05) is 5.73 Å². The maximum atomic E-state index is 9.86. The molecule has 0 unspecified atom stereocenters. The summed E-state index contributed by atoms with van der Waals surface area (Å²) >= 11 is 0. The SMILES string of the molecule is Cc1ccc(N)c(O)c1[C@H](N)CC(C)C.Cl. The van der Waals surface area contributed by atoms with E-state index in [4.69, 9.17) is 11.5 Å². The first-order valence-electron chi connectivity index (χ1n) is 5.27. The number of anilines is 1. The summed E-state index contributed by atoms with van der Waals surface area (Å²) in [5, 5.41) is 9.86. The summed E-state index contributed by atoms with van der Waals surface area (Å²) in [6.45, 7) is 6.16. The Hall–Kier alpha value is -0.930. The molecule has 1 aromatic rings. The molecule has 0 aromatic heterocycles. The predicted octanol–water partition coefficient (Wildman–Crippen LogP) is 2.75. The highest BCUT2D eigenvalue weighted by atomic mass is 35.5. The van der Waals surface area contributed by atoms with Gasteiger partial charge >= 0.3 is 0 Å². The second-order valence-corrected chi connectivity index (χ2v) is 4.47. The van der Waals surface area contributed by atoms with E-state index in [1.165, 1.54) is 0 Å². The van der Waals surface area contributed by atoms with E-state index < -0.39 is 0 Å². The zero-order valence-electron chi connectivity index (χ0n) is 10.0. The maximum absolute atomic E-state index is 9.86. The van der Waals surface area contributed by atoms with Crippen molar-refractivity contribution >= 4 is 18.1 Å². The zero-order chi connectivity index (χ0) is 11.6. The van der Waals surface area contributed by atoms with Crippen molar-refractivity contribution in [3.63, 3.8) is 0 Å². The van der Waals surface area contributed by atoms with Crippen molar-refractivity contribution < 1.29 is 5.11 Å². The van der Waals surface area contributed by atoms with E-state index >= 15 is 0 Å². The molecule has 0 bridgehead atoms. The third-order valence-electron chi connectivity index (χ3n) is 2.56. The number of benzene rings is 1. The second-order valence-electron chi connectivity index (χ2n) is 4.47. The Morgan fingerprint density at radius 3 is 2.38 bits per heavy atom. The van der Waals surface area contributed by atoms with Crippen molar-refractivity contribution in [2.24, 2.45) is 11.7 Å². The highest BCUT2D eigenvalue weighted by Gasteiger charge is 2.16. The van der Waals surface area contributed by atoms with Crippen LogP contribution in [0, 0.1) is 12.8 Å². The first kappa shape index (κ1) is 15.1. The Labute approximate surface area is 103 Å². The fraction of sp³-hybridized carbons (Fsp3) is 0.500. The molecule has 0 heterocycles. The maximum Gasteiger partial charge on any atom is 0.143 e. The first-order chi connectivity index (χ1) is 6.93. The van der Waals surface area contributed by atoms with Crippen LogP contribution in [0.25, 0.3) is 0 Å². The van der Waals surface area contributed by atoms with Crippen LogP contribution >= 0.6 is 12.4 Å². The average molecular weight is 245 g/mol. The summed E-state index contributed by atoms with van der Waals surface area (Å²) in [6.07, 6.45) is 0.845. The van der Waals surface area contributed by atoms with Crippen molar-refractivity contribution in [1.82, 2.24) is 0 Å². The van der Waals surface area contributed by atoms with Crippen molar-refractivity contribution in [3.05, 3.63) is 23.3 Å². The lowest BCUT2D eigenvalue weighted by Gasteiger charge is -2.19. The standard InChI is InChI=1S/C12H20N2O.ClH/c1-7(2)6-10(14)11-8(3)4-5-9(13)12(11)15;/h4-5,7,10,15H,6,13-14H2,1-3H3;1H/t10-;/m1./s1. The molecule has 0 saturated carbocycles. The molecule has 1 rings (SSSR count). The largest absolute Gasteiger partial charge is 0.505 e. The number of halogens is 1. The van der Waals surface area contributed by atoms with E-state index in [0.29, 0.717) is 11.6 Å². The van der Waals surface area contributed by atoms with Gasteiger partial charge in [-0.3, -0.25) is 0 Å². The highest BCUT2D eigenvalue weighted by molar-refractivity contribution is 5.85. The van der Waals surface area contributed by atoms with Crippen molar-refractivity contribution in [3.8, 4) is 5.75 Å². The topological polar surface area (TPSA) is 72.3 Å². The normalized spacial score (nSPS) is 12.3. The summed E-state index contributed by atoms with van der Waals surface area (Å²) in [7, 11) is 0. The summed E-state index contributed by atoms with van der Waals surface area (Å²) in [5.74, 6) is 0.642. The number of aromatic hydroxyl groups is 1. The molecular weight excluding hydrogens is 224 g/mol. The van der Waals surface area contributed by atoms with Crippen LogP contribution in [0.5, 0.6) is 5.75 Å². The average Bonchev–Trinajstić information content (AvgIpc) is 2.11. The van der Waals surface area contributed by atoms with Gasteiger partial charge in [0.25, 0.3) is 0 Å². The Morgan fingerprint density at radius 1 is 1.31 bits per heavy atom. The minimum Gasteiger partial charge on any atom is -0.505 e. The van der Waals surface area contributed by atoms with Gasteiger partial charge in [-0.1, -0.05) is 19.9 Å². The minimum absolute atomic E-state index is 0. The molecule has 1 aromatic carbocycles. The van der Waals surface area contributed by atoms with E-state index in [0.717, 1.165) is 17.5 Å². The quantitative estimate of drug-likeness (QED) is 0.566. The van der Waals surface area contributed by atoms with E-state index in [1.807, 2.05) is 13.0 Å². The van der Waals surface area contributed by atoms with Crippen molar-refractivity contribution in [2.45, 2.75) is 33.2 Å². The molecular formula is C12H21ClN2O. The van der Waals surface area contributed by atoms with E-state index in [1.54, 1.807) is 6.07 Å². The number of nitrogens with two attached hydrogens (primary N) is 2. The number of hydrogen-bond donors (Lipinski definition) is 3. The molecule has 92 valence electrons. The molecule has 16 heavy (non-hydrogen) atoms. The van der Waals surface area contributed by atoms with E-state index in [2.05, 4.69) is 13.8 Å². The van der Waals surface area contributed by atoms with Gasteiger partial charge < -0.3 is 16.6 Å². The van der Waals surface area contributed by atoms with Crippen LogP contribution in [0.15, 0.2) is 12.1 Å². The monoisotopic (exact) mass is 244 g/mol. The molecule has 0 aliphatic carbocycles. The minimum atomic E-state index is -0.145. The fourth-order valence-electron chi connectivity index (χ4n) is 1.82. The molecule has 0 aliphatic rings. The van der Waals surface area contributed by atoms with Crippen LogP contribution in [0.1, 0.15) is 37.4 Å². The van der Waals surface area contributed by atoms with Crippen LogP contribution in [-0.4, -0.2) is 5.11 Å². The van der Waals surface area contributed by atoms with E-state index in [-0.39, 0.29) is 24.2 Å². The van der Waals surface area contributed by atoms with Crippen LogP contribution in [-0.2, 0) is 0 Å². The third-order valence-corrected chi connectivity index (χ3v) is 2.56. The number of aryl methyl sites for hydroxylation is 1. The third kappa shape index (κ3) is 3.29. The van der Waals surface area contributed by atoms with Gasteiger partial charge in [-0.05, 0) is 30.9 Å². The number of rotatable bonds is 3. The molecule has 4 heteroatoms. The zero-order valence-corrected chi connectivity index (χ0v) is 10.8. The lowest BCUT2D eigenvalue weighted by molar-refractivity contribution is 0.446. The van der Waals surface area contributed by atoms with Gasteiger partial charge in [0, 0.05) is 11.6 Å². The van der Waals surface area contributed by atoms with Crippen molar-refractivity contribution in [1.29, 1.82) is 0 Å². The van der Waals surface area contributed by atoms with Gasteiger partial charge in [-0.15, -0.1) is 12.4 Å². The molecule has 0 radical (unpaired) electrons. The molecule has 0 amide bonds. The Balaban J connectivity index is 0.00000225. The fourth-order valence-corrected chi connectivity index (χ4v) is 1.82. The van der Waals surface area contributed by atoms with Gasteiger partial charge in [0.2, 0.25) is 0 Å². The predicted molar refractivity (Wildman–Crippen MR) is 70.9 cm³/mol. The Kier molecular flexibility index (Phi) is 5.62. The molecule has 5 N–H and O–H groups in total. The van der Waals surface area contributed by atoms with Gasteiger partial charge in [0.05, 0.1) is 5.69 Å². The van der Waals surface area contributed by atoms with Crippen LogP contribution in [0.4, 0.5) is 5.69 Å². The summed E-state index contributed by atoms with van der Waals surface area (Å²) < 4.78 is 0. The van der Waals surface area contributed by atoms with Gasteiger partial charge in [0.15, 0.2) is 0 Å². The smallest absolute Gasteiger partial charge is 0.143 e. The number of phenolic OH excluding ortho intramolecular Hbond substituents is 1. The van der Waals surface area contributed by atoms with Gasteiger partial charge in [-0.25, -0.2) is 0 Å². The molecule has 0 spiro atoms. The highest BCUT2D eigenvalue weighted by Crippen LogP contribution is 2.34. The number of phenols is 1. The number of nitrogen functional groups attached to an aromatic ring is 1. The first-order valence-corrected chi connectivity index (χ1v) is 5.27. The summed E-state index contributed by atoms with van der Waals surface area (Å²) in [4.78, 5) is 0. The summed E-state index contributed by atoms with van der Waals surface area (Å²) in [6, 6.07) is 3.45. The second kappa shape index (κ2) is 5.97. The molecule has 1 atom stereocenters. The Bertz CT molecular complexity index is 353.